The van der Waals surface area contributed by atoms with E-state index in [1.165, 1.54) is 4.90 Å². The van der Waals surface area contributed by atoms with Gasteiger partial charge in [0.15, 0.2) is 0 Å². The van der Waals surface area contributed by atoms with Gasteiger partial charge >= 0.3 is 6.09 Å². The van der Waals surface area contributed by atoms with Crippen molar-refractivity contribution in [2.24, 2.45) is 0 Å². The summed E-state index contributed by atoms with van der Waals surface area (Å²) >= 11 is 0. The van der Waals surface area contributed by atoms with Crippen LogP contribution in [0.2, 0.25) is 0 Å². The second kappa shape index (κ2) is 8.15. The molecule has 1 saturated heterocycles. The number of ether oxygens (including phenoxy) is 1. The number of rotatable bonds is 4. The van der Waals surface area contributed by atoms with E-state index in [1.807, 2.05) is 25.3 Å². The molecule has 3 aliphatic rings. The number of anilines is 1. The van der Waals surface area contributed by atoms with Crippen molar-refractivity contribution in [2.75, 3.05) is 18.0 Å². The minimum atomic E-state index is -0.971. The monoisotopic (exact) mass is 428 g/mol. The molecule has 3 heterocycles. The number of benzene rings is 1. The molecule has 1 saturated carbocycles. The first-order chi connectivity index (χ1) is 15.0. The lowest BCUT2D eigenvalue weighted by Gasteiger charge is -2.36. The van der Waals surface area contributed by atoms with Crippen molar-refractivity contribution in [1.29, 1.82) is 0 Å². The highest BCUT2D eigenvalue weighted by Crippen LogP contribution is 2.44. The number of fused-ring (bicyclic) bond motifs is 1. The number of halogens is 1. The van der Waals surface area contributed by atoms with Crippen molar-refractivity contribution in [3.63, 3.8) is 0 Å². The number of amides is 1. The molecule has 1 aromatic carbocycles. The van der Waals surface area contributed by atoms with E-state index in [0.29, 0.717) is 18.7 Å². The Balaban J connectivity index is 1.55. The summed E-state index contributed by atoms with van der Waals surface area (Å²) in [4.78, 5) is 13.4. The van der Waals surface area contributed by atoms with Gasteiger partial charge in [0.2, 0.25) is 0 Å². The fourth-order valence-electron chi connectivity index (χ4n) is 4.88. The zero-order chi connectivity index (χ0) is 21.5. The number of aromatic nitrogens is 2. The Morgan fingerprint density at radius 1 is 1.29 bits per heavy atom. The van der Waals surface area contributed by atoms with Crippen LogP contribution >= 0.6 is 0 Å². The summed E-state index contributed by atoms with van der Waals surface area (Å²) in [6.45, 7) is 3.06. The van der Waals surface area contributed by atoms with Gasteiger partial charge in [0.1, 0.15) is 11.9 Å². The number of hydrogen-bond acceptors (Lipinski definition) is 4. The molecule has 166 valence electrons. The largest absolute Gasteiger partial charge is 0.489 e. The first-order valence-electron chi connectivity index (χ1n) is 11.3. The molecule has 2 N–H and O–H groups in total. The SMILES string of the molecule is CC1CCc2c(ccc(-c3cnn([C@@H]4CCNC[C@@H]4F)c3)c2OC2CCC2)N1C(=O)O. The molecule has 0 bridgehead atoms. The zero-order valence-electron chi connectivity index (χ0n) is 17.8. The van der Waals surface area contributed by atoms with E-state index in [4.69, 9.17) is 4.74 Å². The number of carboxylic acid groups (broad SMARTS) is 1. The first-order valence-corrected chi connectivity index (χ1v) is 11.3. The van der Waals surface area contributed by atoms with Crippen LogP contribution in [0.5, 0.6) is 5.75 Å². The number of hydrogen-bond donors (Lipinski definition) is 2. The molecule has 1 amide bonds. The van der Waals surface area contributed by atoms with Crippen molar-refractivity contribution < 1.29 is 19.0 Å². The summed E-state index contributed by atoms with van der Waals surface area (Å²) in [7, 11) is 0. The molecule has 0 spiro atoms. The number of piperidine rings is 1. The predicted octanol–water partition coefficient (Wildman–Crippen LogP) is 4.17. The molecule has 1 aliphatic carbocycles. The Hall–Kier alpha value is -2.61. The smallest absolute Gasteiger partial charge is 0.412 e. The first kappa shape index (κ1) is 20.3. The van der Waals surface area contributed by atoms with E-state index in [2.05, 4.69) is 10.4 Å². The standard InChI is InChI=1S/C23H29FN4O3/c1-14-5-6-18-20(28(14)23(29)30)8-7-17(22(18)31-16-3-2-4-16)15-11-26-27(13-15)21-9-10-25-12-19(21)24/h7-8,11,13-14,16,19,21,25H,2-6,9-10,12H2,1H3,(H,29,30)/t14?,19-,21+/m0/s1. The lowest BCUT2D eigenvalue weighted by atomic mass is 9.91. The molecule has 2 aromatic rings. The topological polar surface area (TPSA) is 79.6 Å². The normalized spacial score (nSPS) is 26.3. The van der Waals surface area contributed by atoms with Crippen molar-refractivity contribution in [3.05, 3.63) is 30.1 Å². The molecule has 1 unspecified atom stereocenters. The zero-order valence-corrected chi connectivity index (χ0v) is 17.8. The summed E-state index contributed by atoms with van der Waals surface area (Å²) < 4.78 is 22.6. The second-order valence-electron chi connectivity index (χ2n) is 8.94. The third-order valence-corrected chi connectivity index (χ3v) is 6.92. The lowest BCUT2D eigenvalue weighted by Crippen LogP contribution is -2.41. The average Bonchev–Trinajstić information content (AvgIpc) is 3.20. The molecule has 2 fully saturated rings. The lowest BCUT2D eigenvalue weighted by molar-refractivity contribution is 0.119. The maximum atomic E-state index is 14.4. The van der Waals surface area contributed by atoms with Crippen molar-refractivity contribution in [3.8, 4) is 16.9 Å². The second-order valence-corrected chi connectivity index (χ2v) is 8.94. The molecule has 3 atom stereocenters. The maximum absolute atomic E-state index is 14.4. The quantitative estimate of drug-likeness (QED) is 0.764. The Morgan fingerprint density at radius 3 is 2.84 bits per heavy atom. The number of carbonyl (C=O) groups is 1. The van der Waals surface area contributed by atoms with Gasteiger partial charge in [0, 0.05) is 35.5 Å². The molecule has 7 nitrogen and oxygen atoms in total. The predicted molar refractivity (Wildman–Crippen MR) is 116 cm³/mol. The van der Waals surface area contributed by atoms with Gasteiger partial charge in [-0.3, -0.25) is 9.58 Å². The highest BCUT2D eigenvalue weighted by Gasteiger charge is 2.33. The van der Waals surface area contributed by atoms with Crippen molar-refractivity contribution in [1.82, 2.24) is 15.1 Å². The van der Waals surface area contributed by atoms with E-state index >= 15 is 0 Å². The third-order valence-electron chi connectivity index (χ3n) is 6.92. The van der Waals surface area contributed by atoms with Crippen LogP contribution < -0.4 is 15.0 Å². The molecule has 0 radical (unpaired) electrons. The highest BCUT2D eigenvalue weighted by atomic mass is 19.1. The Bertz CT molecular complexity index is 974. The molecular weight excluding hydrogens is 399 g/mol. The summed E-state index contributed by atoms with van der Waals surface area (Å²) in [6, 6.07) is 3.46. The minimum absolute atomic E-state index is 0.0726. The number of alkyl halides is 1. The Labute approximate surface area is 181 Å². The molecule has 1 aromatic heterocycles. The summed E-state index contributed by atoms with van der Waals surface area (Å²) in [5.74, 6) is 0.766. The van der Waals surface area contributed by atoms with Gasteiger partial charge in [-0.05, 0) is 64.1 Å². The van der Waals surface area contributed by atoms with Crippen LogP contribution in [0.25, 0.3) is 11.1 Å². The molecule has 31 heavy (non-hydrogen) atoms. The van der Waals surface area contributed by atoms with E-state index in [-0.39, 0.29) is 18.2 Å². The Morgan fingerprint density at radius 2 is 2.13 bits per heavy atom. The van der Waals surface area contributed by atoms with Gasteiger partial charge in [0.05, 0.1) is 24.0 Å². The van der Waals surface area contributed by atoms with E-state index in [1.54, 1.807) is 10.9 Å². The maximum Gasteiger partial charge on any atom is 0.412 e. The molecule has 2 aliphatic heterocycles. The number of nitrogens with zero attached hydrogens (tertiary/aromatic N) is 3. The van der Waals surface area contributed by atoms with Gasteiger partial charge in [-0.15, -0.1) is 0 Å². The summed E-state index contributed by atoms with van der Waals surface area (Å²) in [6.07, 6.45) is 7.32. The highest BCUT2D eigenvalue weighted by molar-refractivity contribution is 5.91. The van der Waals surface area contributed by atoms with Gasteiger partial charge in [-0.25, -0.2) is 9.18 Å². The fourth-order valence-corrected chi connectivity index (χ4v) is 4.88. The Kier molecular flexibility index (Phi) is 5.33. The third kappa shape index (κ3) is 3.67. The van der Waals surface area contributed by atoms with Crippen LogP contribution in [0.3, 0.4) is 0 Å². The van der Waals surface area contributed by atoms with Crippen LogP contribution in [0, 0.1) is 0 Å². The van der Waals surface area contributed by atoms with Gasteiger partial charge < -0.3 is 15.2 Å². The summed E-state index contributed by atoms with van der Waals surface area (Å²) in [5.41, 5.74) is 3.44. The van der Waals surface area contributed by atoms with Crippen LogP contribution in [0.15, 0.2) is 24.5 Å². The van der Waals surface area contributed by atoms with Crippen LogP contribution in [0.1, 0.15) is 50.6 Å². The molecule has 5 rings (SSSR count). The summed E-state index contributed by atoms with van der Waals surface area (Å²) in [5, 5.41) is 17.3. The molecule has 8 heteroatoms. The van der Waals surface area contributed by atoms with Gasteiger partial charge in [0.25, 0.3) is 0 Å². The van der Waals surface area contributed by atoms with E-state index < -0.39 is 12.3 Å². The van der Waals surface area contributed by atoms with Crippen LogP contribution in [0.4, 0.5) is 14.9 Å². The molecular formula is C23H29FN4O3. The van der Waals surface area contributed by atoms with Crippen LogP contribution in [-0.2, 0) is 6.42 Å². The van der Waals surface area contributed by atoms with Crippen LogP contribution in [-0.4, -0.2) is 52.4 Å². The number of nitrogens with one attached hydrogen (secondary N) is 1. The van der Waals surface area contributed by atoms with E-state index in [9.17, 15) is 14.3 Å². The van der Waals surface area contributed by atoms with Gasteiger partial charge in [-0.1, -0.05) is 0 Å². The minimum Gasteiger partial charge on any atom is -0.489 e. The van der Waals surface area contributed by atoms with Crippen molar-refractivity contribution >= 4 is 11.8 Å². The average molecular weight is 429 g/mol. The van der Waals surface area contributed by atoms with Crippen molar-refractivity contribution in [2.45, 2.75) is 69.8 Å². The van der Waals surface area contributed by atoms with E-state index in [0.717, 1.165) is 61.1 Å². The van der Waals surface area contributed by atoms with Gasteiger partial charge in [-0.2, -0.15) is 5.10 Å². The fraction of sp³-hybridized carbons (Fsp3) is 0.565.